The van der Waals surface area contributed by atoms with E-state index >= 15 is 0 Å². The molecule has 6 heteroatoms. The minimum absolute atomic E-state index is 0.146. The Kier molecular flexibility index (Phi) is 4.87. The molecule has 3 rings (SSSR count). The van der Waals surface area contributed by atoms with Gasteiger partial charge in [0.1, 0.15) is 6.61 Å². The Bertz CT molecular complexity index is 685. The van der Waals surface area contributed by atoms with Gasteiger partial charge in [0.25, 0.3) is 0 Å². The van der Waals surface area contributed by atoms with E-state index < -0.39 is 6.10 Å². The molecule has 0 saturated heterocycles. The molecule has 0 fully saturated rings. The largest absolute Gasteiger partial charge is 0.504 e. The van der Waals surface area contributed by atoms with Gasteiger partial charge in [0.2, 0.25) is 0 Å². The van der Waals surface area contributed by atoms with Crippen LogP contribution in [0.2, 0.25) is 0 Å². The maximum Gasteiger partial charge on any atom is 0.165 e. The molecule has 23 heavy (non-hydrogen) atoms. The Morgan fingerprint density at radius 1 is 1.35 bits per heavy atom. The number of aromatic hydroxyl groups is 1. The van der Waals surface area contributed by atoms with Crippen LogP contribution in [0.15, 0.2) is 24.3 Å². The van der Waals surface area contributed by atoms with E-state index in [-0.39, 0.29) is 12.4 Å². The number of aryl methyl sites for hydroxylation is 1. The zero-order valence-electron chi connectivity index (χ0n) is 13.0. The molecule has 2 heterocycles. The zero-order chi connectivity index (χ0) is 16.4. The minimum atomic E-state index is -0.770. The third kappa shape index (κ3) is 3.67. The van der Waals surface area contributed by atoms with Crippen molar-refractivity contribution in [2.24, 2.45) is 0 Å². The number of fused-ring (bicyclic) bond motifs is 1. The van der Waals surface area contributed by atoms with Gasteiger partial charge >= 0.3 is 0 Å². The molecular weight excluding hydrogens is 314 g/mol. The van der Waals surface area contributed by atoms with Crippen LogP contribution in [-0.2, 0) is 6.54 Å². The van der Waals surface area contributed by atoms with Crippen molar-refractivity contribution in [3.63, 3.8) is 0 Å². The maximum atomic E-state index is 10.3. The second-order valence-electron chi connectivity index (χ2n) is 5.81. The lowest BCUT2D eigenvalue weighted by atomic mass is 10.1. The van der Waals surface area contributed by atoms with E-state index in [0.29, 0.717) is 32.0 Å². The van der Waals surface area contributed by atoms with Crippen molar-refractivity contribution in [3.8, 4) is 21.9 Å². The maximum absolute atomic E-state index is 10.3. The van der Waals surface area contributed by atoms with Crippen LogP contribution in [0.25, 0.3) is 10.4 Å². The van der Waals surface area contributed by atoms with Gasteiger partial charge in [0.15, 0.2) is 11.5 Å². The molecule has 1 aromatic heterocycles. The van der Waals surface area contributed by atoms with E-state index in [9.17, 15) is 10.2 Å². The van der Waals surface area contributed by atoms with E-state index in [4.69, 9.17) is 9.84 Å². The monoisotopic (exact) mass is 335 g/mol. The number of β-amino-alcohol motifs (C(OH)–C–C–N with tert-alkyl or cyclic N) is 1. The van der Waals surface area contributed by atoms with Crippen LogP contribution < -0.4 is 4.74 Å². The molecule has 1 aromatic carbocycles. The van der Waals surface area contributed by atoms with E-state index in [1.54, 1.807) is 17.4 Å². The quantitative estimate of drug-likeness (QED) is 0.797. The molecule has 1 atom stereocenters. The Hall–Kier alpha value is -1.60. The predicted octanol–water partition coefficient (Wildman–Crippen LogP) is 1.98. The Balaban J connectivity index is 1.91. The highest BCUT2D eigenvalue weighted by Gasteiger charge is 2.21. The van der Waals surface area contributed by atoms with Gasteiger partial charge in [-0.1, -0.05) is 0 Å². The van der Waals surface area contributed by atoms with Gasteiger partial charge < -0.3 is 20.1 Å². The first kappa shape index (κ1) is 16.3. The second-order valence-corrected chi connectivity index (χ2v) is 7.10. The number of nitrogens with zero attached hydrogens (tertiary/aromatic N) is 1. The fourth-order valence-corrected chi connectivity index (χ4v) is 3.65. The summed E-state index contributed by atoms with van der Waals surface area (Å²) in [5.74, 6) is 0.663. The number of hydrogen-bond donors (Lipinski definition) is 3. The number of benzene rings is 1. The summed E-state index contributed by atoms with van der Waals surface area (Å²) < 4.78 is 5.69. The van der Waals surface area contributed by atoms with Gasteiger partial charge in [-0.2, -0.15) is 0 Å². The first-order valence-electron chi connectivity index (χ1n) is 7.63. The summed E-state index contributed by atoms with van der Waals surface area (Å²) in [6.07, 6.45) is -0.770. The van der Waals surface area contributed by atoms with Crippen LogP contribution in [-0.4, -0.2) is 52.6 Å². The topological polar surface area (TPSA) is 73.2 Å². The molecule has 124 valence electrons. The average Bonchev–Trinajstić information content (AvgIpc) is 2.85. The molecule has 0 bridgehead atoms. The zero-order valence-corrected chi connectivity index (χ0v) is 13.8. The molecule has 3 N–H and O–H groups in total. The molecule has 0 spiro atoms. The fourth-order valence-electron chi connectivity index (χ4n) is 2.80. The Morgan fingerprint density at radius 3 is 2.87 bits per heavy atom. The summed E-state index contributed by atoms with van der Waals surface area (Å²) in [5.41, 5.74) is 1.86. The van der Waals surface area contributed by atoms with Gasteiger partial charge in [-0.3, -0.25) is 4.90 Å². The lowest BCUT2D eigenvalue weighted by molar-refractivity contribution is 0.0551. The number of phenols is 1. The molecule has 0 amide bonds. The first-order valence-corrected chi connectivity index (χ1v) is 8.45. The van der Waals surface area contributed by atoms with Crippen LogP contribution in [0.1, 0.15) is 10.4 Å². The summed E-state index contributed by atoms with van der Waals surface area (Å²) in [6.45, 7) is 3.82. The van der Waals surface area contributed by atoms with Crippen molar-refractivity contribution < 1.29 is 20.1 Å². The van der Waals surface area contributed by atoms with Crippen molar-refractivity contribution in [1.29, 1.82) is 0 Å². The number of hydrogen-bond acceptors (Lipinski definition) is 6. The van der Waals surface area contributed by atoms with Crippen molar-refractivity contribution in [3.05, 3.63) is 34.7 Å². The normalized spacial score (nSPS) is 16.5. The summed E-state index contributed by atoms with van der Waals surface area (Å²) in [5, 5.41) is 29.0. The molecule has 0 radical (unpaired) electrons. The summed E-state index contributed by atoms with van der Waals surface area (Å²) >= 11 is 1.68. The van der Waals surface area contributed by atoms with E-state index in [1.807, 2.05) is 17.0 Å². The molecule has 0 saturated carbocycles. The molecular formula is C17H21NO4S. The standard InChI is InChI=1S/C17H21NO4S/c1-11-2-3-16(23-11)12-6-13-8-18(9-14(20)10-19)4-5-22-17(13)15(21)7-12/h2-3,6-7,14,19-21H,4-5,8-10H2,1H3/t14-/m1/s1. The minimum Gasteiger partial charge on any atom is -0.504 e. The van der Waals surface area contributed by atoms with Crippen LogP contribution in [0.4, 0.5) is 0 Å². The number of rotatable bonds is 4. The summed E-state index contributed by atoms with van der Waals surface area (Å²) in [7, 11) is 0. The van der Waals surface area contributed by atoms with Crippen molar-refractivity contribution in [1.82, 2.24) is 4.90 Å². The summed E-state index contributed by atoms with van der Waals surface area (Å²) in [4.78, 5) is 4.35. The van der Waals surface area contributed by atoms with Gasteiger partial charge in [-0.25, -0.2) is 0 Å². The average molecular weight is 335 g/mol. The van der Waals surface area contributed by atoms with Crippen molar-refractivity contribution in [2.75, 3.05) is 26.3 Å². The van der Waals surface area contributed by atoms with Gasteiger partial charge in [0.05, 0.1) is 12.7 Å². The third-order valence-corrected chi connectivity index (χ3v) is 4.95. The lowest BCUT2D eigenvalue weighted by Gasteiger charge is -2.21. The van der Waals surface area contributed by atoms with Crippen molar-refractivity contribution >= 4 is 11.3 Å². The Morgan fingerprint density at radius 2 is 2.17 bits per heavy atom. The molecule has 0 aliphatic carbocycles. The second kappa shape index (κ2) is 6.88. The van der Waals surface area contributed by atoms with Gasteiger partial charge in [-0.15, -0.1) is 11.3 Å². The van der Waals surface area contributed by atoms with E-state index in [0.717, 1.165) is 16.0 Å². The SMILES string of the molecule is Cc1ccc(-c2cc(O)c3c(c2)CN(C[C@@H](O)CO)CCO3)s1. The van der Waals surface area contributed by atoms with Gasteiger partial charge in [-0.05, 0) is 36.8 Å². The highest BCUT2D eigenvalue weighted by Crippen LogP contribution is 2.39. The number of phenolic OH excluding ortho intramolecular Hbond substituents is 1. The number of thiophene rings is 1. The first-order chi connectivity index (χ1) is 11.1. The summed E-state index contributed by atoms with van der Waals surface area (Å²) in [6, 6.07) is 7.88. The number of aliphatic hydroxyl groups is 2. The van der Waals surface area contributed by atoms with E-state index in [2.05, 4.69) is 13.0 Å². The Labute approximate surface area is 139 Å². The third-order valence-electron chi connectivity index (χ3n) is 3.90. The lowest BCUT2D eigenvalue weighted by Crippen LogP contribution is -2.35. The van der Waals surface area contributed by atoms with Gasteiger partial charge in [0, 0.05) is 35.0 Å². The predicted molar refractivity (Wildman–Crippen MR) is 90.0 cm³/mol. The van der Waals surface area contributed by atoms with Crippen LogP contribution >= 0.6 is 11.3 Å². The highest BCUT2D eigenvalue weighted by molar-refractivity contribution is 7.15. The molecule has 2 aromatic rings. The molecule has 1 aliphatic heterocycles. The van der Waals surface area contributed by atoms with Crippen LogP contribution in [0.5, 0.6) is 11.5 Å². The smallest absolute Gasteiger partial charge is 0.165 e. The van der Waals surface area contributed by atoms with Crippen LogP contribution in [0.3, 0.4) is 0 Å². The fraction of sp³-hybridized carbons (Fsp3) is 0.412. The van der Waals surface area contributed by atoms with Crippen LogP contribution in [0, 0.1) is 6.92 Å². The number of aliphatic hydroxyl groups excluding tert-OH is 2. The highest BCUT2D eigenvalue weighted by atomic mass is 32.1. The molecule has 0 unspecified atom stereocenters. The number of ether oxygens (including phenoxy) is 1. The van der Waals surface area contributed by atoms with E-state index in [1.165, 1.54) is 4.88 Å². The van der Waals surface area contributed by atoms with Crippen molar-refractivity contribution in [2.45, 2.75) is 19.6 Å². The molecule has 5 nitrogen and oxygen atoms in total. The molecule has 1 aliphatic rings.